The summed E-state index contributed by atoms with van der Waals surface area (Å²) >= 11 is 0. The van der Waals surface area contributed by atoms with E-state index in [2.05, 4.69) is 93.2 Å². The van der Waals surface area contributed by atoms with E-state index >= 15 is 4.79 Å². The molecule has 79 heavy (non-hydrogen) atoms. The normalized spacial score (nSPS) is 30.6. The van der Waals surface area contributed by atoms with E-state index in [1.54, 1.807) is 0 Å². The Balaban J connectivity index is 0.935. The summed E-state index contributed by atoms with van der Waals surface area (Å²) in [6.07, 6.45) is 19.6. The summed E-state index contributed by atoms with van der Waals surface area (Å²) in [6, 6.07) is 5.42. The largest absolute Gasteiger partial charge is 0.491 e. The van der Waals surface area contributed by atoms with Crippen LogP contribution < -0.4 is 15.5 Å². The fraction of sp³-hybridized carbons (Fsp3) is 0.627. The molecule has 5 N–H and O–H groups in total. The Morgan fingerprint density at radius 1 is 0.835 bits per heavy atom. The van der Waals surface area contributed by atoms with Crippen LogP contribution in [-0.4, -0.2) is 156 Å². The first-order valence-electron chi connectivity index (χ1n) is 28.4. The van der Waals surface area contributed by atoms with Gasteiger partial charge in [0, 0.05) is 42.2 Å². The summed E-state index contributed by atoms with van der Waals surface area (Å²) in [4.78, 5) is 32.9. The quantitative estimate of drug-likeness (QED) is 0.0302. The van der Waals surface area contributed by atoms with E-state index in [0.717, 1.165) is 60.1 Å². The van der Waals surface area contributed by atoms with Crippen LogP contribution >= 0.6 is 0 Å². The molecule has 0 spiro atoms. The van der Waals surface area contributed by atoms with Gasteiger partial charge in [-0.15, -0.1) is 0 Å². The molecule has 8 rings (SSSR count). The summed E-state index contributed by atoms with van der Waals surface area (Å²) in [6.45, 7) is 18.3. The van der Waals surface area contributed by atoms with Gasteiger partial charge >= 0.3 is 0 Å². The second kappa shape index (κ2) is 27.1. The van der Waals surface area contributed by atoms with E-state index in [1.165, 1.54) is 11.1 Å². The average Bonchev–Trinajstić information content (AvgIpc) is 3.98. The van der Waals surface area contributed by atoms with E-state index in [-0.39, 0.29) is 149 Å². The first-order chi connectivity index (χ1) is 37.8. The van der Waals surface area contributed by atoms with Crippen LogP contribution in [-0.2, 0) is 48.7 Å². The highest BCUT2D eigenvalue weighted by molar-refractivity contribution is 7.86. The second-order valence-electron chi connectivity index (χ2n) is 22.4. The molecule has 1 aromatic rings. The lowest BCUT2D eigenvalue weighted by molar-refractivity contribution is -0.128. The van der Waals surface area contributed by atoms with Crippen LogP contribution in [0.15, 0.2) is 101 Å². The molecule has 0 radical (unpaired) electrons. The van der Waals surface area contributed by atoms with Crippen LogP contribution in [0.3, 0.4) is 0 Å². The molecule has 3 aliphatic carbocycles. The number of nitrogens with zero attached hydrogens (tertiary/aromatic N) is 2. The van der Waals surface area contributed by atoms with Gasteiger partial charge in [-0.25, -0.2) is 0 Å². The molecule has 4 aliphatic heterocycles. The number of aliphatic hydroxyl groups excluding tert-OH is 1. The summed E-state index contributed by atoms with van der Waals surface area (Å²) in [7, 11) is -8.01. The molecular formula is C59H84N4O14S2. The topological polar surface area (TPSA) is 240 Å². The van der Waals surface area contributed by atoms with Gasteiger partial charge in [0.15, 0.2) is 0 Å². The number of fused-ring (bicyclic) bond motifs is 9. The third kappa shape index (κ3) is 14.8. The van der Waals surface area contributed by atoms with Crippen molar-refractivity contribution in [1.29, 1.82) is 0 Å². The monoisotopic (exact) mass is 1140 g/mol. The van der Waals surface area contributed by atoms with Crippen molar-refractivity contribution >= 4 is 37.7 Å². The molecule has 12 unspecified atom stereocenters. The van der Waals surface area contributed by atoms with Gasteiger partial charge in [0.2, 0.25) is 0 Å². The maximum absolute atomic E-state index is 15.1. The van der Waals surface area contributed by atoms with Crippen LogP contribution in [0.5, 0.6) is 0 Å². The van der Waals surface area contributed by atoms with Crippen molar-refractivity contribution in [2.45, 2.75) is 122 Å². The average molecular weight is 1140 g/mol. The Labute approximate surface area is 467 Å². The fourth-order valence-corrected chi connectivity index (χ4v) is 14.2. The van der Waals surface area contributed by atoms with Crippen molar-refractivity contribution in [3.63, 3.8) is 0 Å². The predicted octanol–water partition coefficient (Wildman–Crippen LogP) is 7.05. The van der Waals surface area contributed by atoms with Gasteiger partial charge in [-0.05, 0) is 122 Å². The van der Waals surface area contributed by atoms with Crippen molar-refractivity contribution in [2.24, 2.45) is 35.5 Å². The standard InChI is InChI=1S/C59H84N4O14S2/c1-7-42-33-45-36-55(64)63-53-35-44(58(65)60-21-24-75-27-25-73-22-9-31-78(67,68)69)14-17-47(53)38(3)39(4)57(63)50(45)16-13-37(2)46-11-8-12-54-61-51-34-43(41(6)77-30-29-76-28-26-74-23-10-32-79(70,71)72)15-20-52(51)62(54)59(66)48-18-19-49(42)56(46)40(48)5/h8,12,14-18,20,34-35,37-39,42,45-46,49,51-52,54-55,57,61,64H,6-7,9-11,13,19,21-33,36H2,1-5H3,(H,60,65)(H,67,68,69)(H,70,71,72)/b12-8+,50-16+. The smallest absolute Gasteiger partial charge is 0.264 e. The number of allylic oxidation sites excluding steroid dienone is 5. The van der Waals surface area contributed by atoms with Crippen molar-refractivity contribution < 1.29 is 64.3 Å². The van der Waals surface area contributed by atoms with Crippen LogP contribution in [0.1, 0.15) is 108 Å². The van der Waals surface area contributed by atoms with Crippen LogP contribution in [0.2, 0.25) is 0 Å². The molecule has 2 amide bonds. The van der Waals surface area contributed by atoms with Crippen molar-refractivity contribution in [2.75, 3.05) is 82.4 Å². The maximum Gasteiger partial charge on any atom is 0.264 e. The summed E-state index contributed by atoms with van der Waals surface area (Å²) in [5.41, 5.74) is 8.06. The number of aliphatic hydroxyl groups is 1. The molecule has 436 valence electrons. The third-order valence-corrected chi connectivity index (χ3v) is 19.0. The Morgan fingerprint density at radius 2 is 1.51 bits per heavy atom. The first-order valence-corrected chi connectivity index (χ1v) is 31.7. The minimum Gasteiger partial charge on any atom is -0.491 e. The summed E-state index contributed by atoms with van der Waals surface area (Å²) in [5.74, 6) is 1.14. The number of hydrogen-bond acceptors (Lipinski definition) is 14. The highest BCUT2D eigenvalue weighted by Gasteiger charge is 2.50. The van der Waals surface area contributed by atoms with Gasteiger partial charge in [-0.3, -0.25) is 24.0 Å². The van der Waals surface area contributed by atoms with Gasteiger partial charge in [0.25, 0.3) is 32.1 Å². The number of hydrogen-bond donors (Lipinski definition) is 5. The number of carbonyl (C=O) groups is 2. The van der Waals surface area contributed by atoms with E-state index in [1.807, 2.05) is 29.2 Å². The molecule has 0 aromatic heterocycles. The number of rotatable bonds is 24. The number of nitrogens with one attached hydrogen (secondary N) is 2. The minimum atomic E-state index is -4.02. The van der Waals surface area contributed by atoms with E-state index < -0.39 is 26.5 Å². The van der Waals surface area contributed by atoms with Gasteiger partial charge in [0.05, 0.1) is 69.3 Å². The number of anilines is 1. The number of piperidine rings is 1. The molecule has 1 aromatic carbocycles. The lowest BCUT2D eigenvalue weighted by atomic mass is 9.62. The zero-order valence-corrected chi connectivity index (χ0v) is 48.2. The van der Waals surface area contributed by atoms with Gasteiger partial charge in [0.1, 0.15) is 24.8 Å². The lowest BCUT2D eigenvalue weighted by Gasteiger charge is -2.54. The van der Waals surface area contributed by atoms with Crippen molar-refractivity contribution in [3.8, 4) is 0 Å². The molecule has 18 nitrogen and oxygen atoms in total. The van der Waals surface area contributed by atoms with E-state index in [4.69, 9.17) is 32.8 Å². The highest BCUT2D eigenvalue weighted by atomic mass is 32.2. The summed E-state index contributed by atoms with van der Waals surface area (Å²) < 4.78 is 89.2. The summed E-state index contributed by atoms with van der Waals surface area (Å²) in [5, 5.41) is 19.1. The van der Waals surface area contributed by atoms with Crippen molar-refractivity contribution in [1.82, 2.24) is 15.5 Å². The highest BCUT2D eigenvalue weighted by Crippen LogP contribution is 2.54. The first kappa shape index (κ1) is 60.6. The number of amides is 2. The van der Waals surface area contributed by atoms with Gasteiger partial charge < -0.3 is 43.9 Å². The second-order valence-corrected chi connectivity index (χ2v) is 25.5. The molecule has 2 fully saturated rings. The SMILES string of the molecule is C=C(OCCOCCOCCCS(=O)(=O)O)C1=CC2NC3/C=C/CC4C5=C(C)C(=CCC5C(CC)CC5CC(O)N6c7cc(C(=O)NCCOCCOCCCS(=O)(=O)O)ccc7C(C)C(C)C6/C5=C/CC4C)C(=O)N3C2C=C1. The fourth-order valence-electron chi connectivity index (χ4n) is 13.3. The minimum absolute atomic E-state index is 0.0224. The lowest BCUT2D eigenvalue weighted by Crippen LogP contribution is -2.57. The predicted molar refractivity (Wildman–Crippen MR) is 302 cm³/mol. The van der Waals surface area contributed by atoms with Crippen LogP contribution in [0.25, 0.3) is 0 Å². The number of benzene rings is 1. The van der Waals surface area contributed by atoms with Crippen molar-refractivity contribution in [3.05, 3.63) is 112 Å². The van der Waals surface area contributed by atoms with Gasteiger partial charge in [-0.2, -0.15) is 16.8 Å². The molecule has 4 heterocycles. The molecular weight excluding hydrogens is 1050 g/mol. The maximum atomic E-state index is 15.1. The van der Waals surface area contributed by atoms with Crippen LogP contribution in [0, 0.1) is 35.5 Å². The number of ether oxygens (including phenoxy) is 5. The van der Waals surface area contributed by atoms with Gasteiger partial charge in [-0.1, -0.05) is 94.9 Å². The molecule has 0 saturated carbocycles. The van der Waals surface area contributed by atoms with E-state index in [0.29, 0.717) is 36.9 Å². The molecule has 20 heteroatoms. The third-order valence-electron chi connectivity index (χ3n) is 17.4. The Bertz CT molecular complexity index is 2790. The Hall–Kier alpha value is -4.48. The Morgan fingerprint density at radius 3 is 2.19 bits per heavy atom. The molecule has 2 saturated heterocycles. The van der Waals surface area contributed by atoms with Crippen LogP contribution in [0.4, 0.5) is 5.69 Å². The molecule has 12 atom stereocenters. The molecule has 7 aliphatic rings. The zero-order chi connectivity index (χ0) is 56.6. The number of carbonyl (C=O) groups excluding carboxylic acids is 2. The Kier molecular flexibility index (Phi) is 20.8. The molecule has 2 bridgehead atoms. The van der Waals surface area contributed by atoms with E-state index in [9.17, 15) is 26.7 Å². The zero-order valence-electron chi connectivity index (χ0n) is 46.6.